The normalized spacial score (nSPS) is 10.5. The Morgan fingerprint density at radius 1 is 1.05 bits per heavy atom. The van der Waals surface area contributed by atoms with Gasteiger partial charge in [-0.2, -0.15) is 0 Å². The molecule has 0 saturated carbocycles. The number of rotatable bonds is 4. The smallest absolute Gasteiger partial charge is 0.219 e. The molecule has 0 amide bonds. The maximum atomic E-state index is 11.4. The number of Topliss-reactive ketones (excluding diaryl/α,β-unsaturated/α-hetero) is 1. The highest BCUT2D eigenvalue weighted by Crippen LogP contribution is 2.23. The number of aromatic nitrogens is 2. The fourth-order valence-electron chi connectivity index (χ4n) is 2.05. The molecule has 0 N–H and O–H groups in total. The number of ketones is 1. The van der Waals surface area contributed by atoms with Gasteiger partial charge in [-0.05, 0) is 37.3 Å². The highest BCUT2D eigenvalue weighted by Gasteiger charge is 2.05. The summed E-state index contributed by atoms with van der Waals surface area (Å²) in [6, 6.07) is 12.5. The topological polar surface area (TPSA) is 61.3 Å². The van der Waals surface area contributed by atoms with Crippen molar-refractivity contribution < 1.29 is 14.3 Å². The van der Waals surface area contributed by atoms with E-state index in [1.54, 1.807) is 44.5 Å². The predicted molar refractivity (Wildman–Crippen MR) is 82.6 cm³/mol. The van der Waals surface area contributed by atoms with Crippen LogP contribution in [0.1, 0.15) is 17.3 Å². The monoisotopic (exact) mass is 294 g/mol. The lowest BCUT2D eigenvalue weighted by atomic mass is 10.1. The van der Waals surface area contributed by atoms with Crippen LogP contribution in [0.2, 0.25) is 0 Å². The van der Waals surface area contributed by atoms with Crippen molar-refractivity contribution in [3.8, 4) is 17.5 Å². The molecule has 5 heteroatoms. The summed E-state index contributed by atoms with van der Waals surface area (Å²) in [5.74, 6) is 1.60. The Kier molecular flexibility index (Phi) is 3.70. The number of hydrogen-bond donors (Lipinski definition) is 0. The Balaban J connectivity index is 1.88. The fourth-order valence-corrected chi connectivity index (χ4v) is 2.05. The summed E-state index contributed by atoms with van der Waals surface area (Å²) in [5.41, 5.74) is 1.44. The zero-order valence-electron chi connectivity index (χ0n) is 12.2. The fraction of sp³-hybridized carbons (Fsp3) is 0.118. The molecule has 0 unspecified atom stereocenters. The van der Waals surface area contributed by atoms with Gasteiger partial charge in [0.15, 0.2) is 5.78 Å². The zero-order valence-corrected chi connectivity index (χ0v) is 12.2. The number of methoxy groups -OCH3 is 1. The first-order chi connectivity index (χ1) is 10.7. The molecule has 0 aliphatic carbocycles. The molecule has 3 rings (SSSR count). The number of nitrogens with zero attached hydrogens (tertiary/aromatic N) is 2. The molecule has 0 fully saturated rings. The molecule has 0 aliphatic heterocycles. The number of hydrogen-bond acceptors (Lipinski definition) is 5. The molecule has 0 radical (unpaired) electrons. The SMILES string of the molecule is COc1ccc(Oc2ccc3cc(C(C)=O)ccc3n2)cn1. The molecule has 3 aromatic rings. The Bertz CT molecular complexity index is 829. The van der Waals surface area contributed by atoms with E-state index in [1.165, 1.54) is 0 Å². The standard InChI is InChI=1S/C17H14N2O3/c1-11(20)12-3-6-15-13(9-12)4-7-17(19-15)22-14-5-8-16(21-2)18-10-14/h3-10H,1-2H3. The number of pyridine rings is 2. The lowest BCUT2D eigenvalue weighted by Gasteiger charge is -2.06. The second-order valence-electron chi connectivity index (χ2n) is 4.75. The van der Waals surface area contributed by atoms with Gasteiger partial charge in [0, 0.05) is 23.1 Å². The number of benzene rings is 1. The van der Waals surface area contributed by atoms with Gasteiger partial charge in [-0.1, -0.05) is 0 Å². The van der Waals surface area contributed by atoms with Gasteiger partial charge in [-0.25, -0.2) is 9.97 Å². The minimum atomic E-state index is 0.0338. The first-order valence-electron chi connectivity index (χ1n) is 6.75. The Morgan fingerprint density at radius 2 is 1.86 bits per heavy atom. The van der Waals surface area contributed by atoms with Crippen LogP contribution in [0.25, 0.3) is 10.9 Å². The summed E-state index contributed by atoms with van der Waals surface area (Å²) in [6.45, 7) is 1.54. The van der Waals surface area contributed by atoms with Gasteiger partial charge in [-0.15, -0.1) is 0 Å². The molecule has 0 saturated heterocycles. The van der Waals surface area contributed by atoms with Crippen LogP contribution in [0.4, 0.5) is 0 Å². The molecular formula is C17H14N2O3. The third kappa shape index (κ3) is 2.88. The summed E-state index contributed by atoms with van der Waals surface area (Å²) >= 11 is 0. The van der Waals surface area contributed by atoms with E-state index in [-0.39, 0.29) is 5.78 Å². The van der Waals surface area contributed by atoms with Gasteiger partial charge < -0.3 is 9.47 Å². The van der Waals surface area contributed by atoms with Crippen LogP contribution in [0.15, 0.2) is 48.7 Å². The van der Waals surface area contributed by atoms with Crippen molar-refractivity contribution >= 4 is 16.7 Å². The summed E-state index contributed by atoms with van der Waals surface area (Å²) in [5, 5.41) is 0.896. The van der Waals surface area contributed by atoms with Crippen LogP contribution in [-0.2, 0) is 0 Å². The van der Waals surface area contributed by atoms with E-state index in [0.29, 0.717) is 23.1 Å². The van der Waals surface area contributed by atoms with Gasteiger partial charge in [0.2, 0.25) is 11.8 Å². The van der Waals surface area contributed by atoms with E-state index >= 15 is 0 Å². The molecule has 5 nitrogen and oxygen atoms in total. The second-order valence-corrected chi connectivity index (χ2v) is 4.75. The van der Waals surface area contributed by atoms with E-state index in [2.05, 4.69) is 9.97 Å². The molecule has 0 atom stereocenters. The largest absolute Gasteiger partial charge is 0.481 e. The average molecular weight is 294 g/mol. The number of carbonyl (C=O) groups is 1. The van der Waals surface area contributed by atoms with Crippen molar-refractivity contribution in [3.63, 3.8) is 0 Å². The van der Waals surface area contributed by atoms with E-state index < -0.39 is 0 Å². The molecule has 0 aliphatic rings. The van der Waals surface area contributed by atoms with E-state index in [0.717, 1.165) is 10.9 Å². The Morgan fingerprint density at radius 3 is 2.55 bits per heavy atom. The highest BCUT2D eigenvalue weighted by atomic mass is 16.5. The van der Waals surface area contributed by atoms with Gasteiger partial charge >= 0.3 is 0 Å². The van der Waals surface area contributed by atoms with E-state index in [9.17, 15) is 4.79 Å². The third-order valence-corrected chi connectivity index (χ3v) is 3.21. The number of carbonyl (C=O) groups excluding carboxylic acids is 1. The maximum Gasteiger partial charge on any atom is 0.219 e. The van der Waals surface area contributed by atoms with Crippen molar-refractivity contribution in [2.75, 3.05) is 7.11 Å². The number of fused-ring (bicyclic) bond motifs is 1. The van der Waals surface area contributed by atoms with Crippen molar-refractivity contribution in [2.24, 2.45) is 0 Å². The second kappa shape index (κ2) is 5.81. The molecule has 22 heavy (non-hydrogen) atoms. The molecular weight excluding hydrogens is 280 g/mol. The van der Waals surface area contributed by atoms with Crippen molar-refractivity contribution in [3.05, 3.63) is 54.2 Å². The van der Waals surface area contributed by atoms with E-state index in [4.69, 9.17) is 9.47 Å². The molecule has 2 aromatic heterocycles. The lowest BCUT2D eigenvalue weighted by Crippen LogP contribution is -1.93. The maximum absolute atomic E-state index is 11.4. The Hall–Kier alpha value is -2.95. The molecule has 1 aromatic carbocycles. The first kappa shape index (κ1) is 14.0. The van der Waals surface area contributed by atoms with Crippen molar-refractivity contribution in [2.45, 2.75) is 6.92 Å². The van der Waals surface area contributed by atoms with Gasteiger partial charge in [0.1, 0.15) is 5.75 Å². The van der Waals surface area contributed by atoms with Crippen molar-refractivity contribution in [1.82, 2.24) is 9.97 Å². The van der Waals surface area contributed by atoms with Crippen LogP contribution in [0, 0.1) is 0 Å². The zero-order chi connectivity index (χ0) is 15.5. The Labute approximate surface area is 127 Å². The third-order valence-electron chi connectivity index (χ3n) is 3.21. The predicted octanol–water partition coefficient (Wildman–Crippen LogP) is 3.63. The van der Waals surface area contributed by atoms with Crippen LogP contribution in [0.5, 0.6) is 17.5 Å². The summed E-state index contributed by atoms with van der Waals surface area (Å²) in [6.07, 6.45) is 1.57. The van der Waals surface area contributed by atoms with Crippen LogP contribution in [0.3, 0.4) is 0 Å². The van der Waals surface area contributed by atoms with Gasteiger partial charge in [-0.3, -0.25) is 4.79 Å². The van der Waals surface area contributed by atoms with Crippen molar-refractivity contribution in [1.29, 1.82) is 0 Å². The molecule has 0 bridgehead atoms. The van der Waals surface area contributed by atoms with Gasteiger partial charge in [0.25, 0.3) is 0 Å². The number of ether oxygens (including phenoxy) is 2. The van der Waals surface area contributed by atoms with Crippen LogP contribution < -0.4 is 9.47 Å². The average Bonchev–Trinajstić information content (AvgIpc) is 2.55. The minimum Gasteiger partial charge on any atom is -0.481 e. The lowest BCUT2D eigenvalue weighted by molar-refractivity contribution is 0.101. The summed E-state index contributed by atoms with van der Waals surface area (Å²) in [4.78, 5) is 19.9. The molecule has 110 valence electrons. The van der Waals surface area contributed by atoms with E-state index in [1.807, 2.05) is 18.2 Å². The quantitative estimate of drug-likeness (QED) is 0.687. The highest BCUT2D eigenvalue weighted by molar-refractivity contribution is 5.97. The van der Waals surface area contributed by atoms with Crippen LogP contribution >= 0.6 is 0 Å². The summed E-state index contributed by atoms with van der Waals surface area (Å²) in [7, 11) is 1.56. The minimum absolute atomic E-state index is 0.0338. The summed E-state index contributed by atoms with van der Waals surface area (Å²) < 4.78 is 10.7. The first-order valence-corrected chi connectivity index (χ1v) is 6.75. The van der Waals surface area contributed by atoms with Crippen LogP contribution in [-0.4, -0.2) is 22.9 Å². The molecule has 0 spiro atoms. The van der Waals surface area contributed by atoms with Gasteiger partial charge in [0.05, 0.1) is 18.8 Å². The molecule has 2 heterocycles.